The minimum absolute atomic E-state index is 0.148. The molecule has 5 rings (SSSR count). The number of carbonyl (C=O) groups is 1. The number of unbranched alkanes of at least 4 members (excludes halogenated alkanes) is 1. The third kappa shape index (κ3) is 7.79. The average Bonchev–Trinajstić information content (AvgIpc) is 3.43. The van der Waals surface area contributed by atoms with Crippen LogP contribution < -0.4 is 10.5 Å². The number of rotatable bonds is 13. The zero-order valence-electron chi connectivity index (χ0n) is 25.0. The number of aromatic carboxylic acids is 1. The lowest BCUT2D eigenvalue weighted by atomic mass is 10.0. The molecule has 1 aromatic heterocycles. The van der Waals surface area contributed by atoms with E-state index in [0.29, 0.717) is 56.3 Å². The number of hydrogen-bond donors (Lipinski definition) is 2. The molecule has 2 atom stereocenters. The smallest absolute Gasteiger partial charge is 0.335 e. The van der Waals surface area contributed by atoms with Crippen molar-refractivity contribution < 1.29 is 23.1 Å². The molecule has 1 heterocycles. The van der Waals surface area contributed by atoms with Crippen molar-refractivity contribution in [1.82, 2.24) is 9.55 Å². The van der Waals surface area contributed by atoms with E-state index in [0.717, 1.165) is 12.8 Å². The van der Waals surface area contributed by atoms with Crippen molar-refractivity contribution in [1.29, 1.82) is 0 Å². The van der Waals surface area contributed by atoms with Crippen LogP contribution in [0.25, 0.3) is 11.3 Å². The van der Waals surface area contributed by atoms with Gasteiger partial charge < -0.3 is 20.1 Å². The molecule has 8 nitrogen and oxygen atoms in total. The van der Waals surface area contributed by atoms with E-state index in [9.17, 15) is 13.2 Å². The second kappa shape index (κ2) is 14.5. The maximum atomic E-state index is 14.3. The highest BCUT2D eigenvalue weighted by molar-refractivity contribution is 7.90. The van der Waals surface area contributed by atoms with Gasteiger partial charge in [0.25, 0.3) is 0 Å². The first-order valence-electron chi connectivity index (χ1n) is 14.7. The Kier molecular flexibility index (Phi) is 10.5. The standard InChI is InChI=1S/C35H33Cl2N3O5S/c1-2-3-19-40-21-31(29-18-13-26(36)20-30(29)37)39-34(40)33(46(43,44)22-23-7-5-4-6-8-23)32(38)24-9-14-27(15-10-24)45-28-16-11-25(12-17-28)35(41)42/h4-18,20-21,32-33H,2-3,19,22,38H2,1H3,(H,41,42)/t32?,33-/m0/s1. The Morgan fingerprint density at radius 3 is 2.22 bits per heavy atom. The fourth-order valence-corrected chi connectivity index (χ4v) is 7.62. The minimum Gasteiger partial charge on any atom is -0.478 e. The summed E-state index contributed by atoms with van der Waals surface area (Å²) in [6.07, 6.45) is 3.52. The summed E-state index contributed by atoms with van der Waals surface area (Å²) in [6, 6.07) is 26.0. The normalized spacial score (nSPS) is 12.9. The third-order valence-corrected chi connectivity index (χ3v) is 10.1. The van der Waals surface area contributed by atoms with Crippen LogP contribution in [-0.4, -0.2) is 29.0 Å². The zero-order valence-corrected chi connectivity index (χ0v) is 27.3. The van der Waals surface area contributed by atoms with E-state index in [1.807, 2.05) is 16.8 Å². The fraction of sp³-hybridized carbons (Fsp3) is 0.200. The van der Waals surface area contributed by atoms with Crippen molar-refractivity contribution in [3.05, 3.63) is 136 Å². The van der Waals surface area contributed by atoms with E-state index in [1.165, 1.54) is 12.1 Å². The van der Waals surface area contributed by atoms with Gasteiger partial charge in [0.2, 0.25) is 0 Å². The van der Waals surface area contributed by atoms with Gasteiger partial charge in [-0.3, -0.25) is 0 Å². The Morgan fingerprint density at radius 2 is 1.61 bits per heavy atom. The van der Waals surface area contributed by atoms with Crippen molar-refractivity contribution in [3.63, 3.8) is 0 Å². The molecular formula is C35H33Cl2N3O5S. The number of benzene rings is 4. The summed E-state index contributed by atoms with van der Waals surface area (Å²) in [7, 11) is -3.92. The highest BCUT2D eigenvalue weighted by atomic mass is 35.5. The Balaban J connectivity index is 1.54. The summed E-state index contributed by atoms with van der Waals surface area (Å²) < 4.78 is 36.4. The summed E-state index contributed by atoms with van der Waals surface area (Å²) in [4.78, 5) is 16.0. The molecule has 4 aromatic carbocycles. The average molecular weight is 679 g/mol. The second-order valence-corrected chi connectivity index (χ2v) is 13.9. The first-order valence-corrected chi connectivity index (χ1v) is 17.2. The fourth-order valence-electron chi connectivity index (χ4n) is 5.17. The molecule has 0 fully saturated rings. The number of imidazole rings is 1. The van der Waals surface area contributed by atoms with Crippen molar-refractivity contribution >= 4 is 39.0 Å². The zero-order chi connectivity index (χ0) is 32.8. The van der Waals surface area contributed by atoms with E-state index >= 15 is 0 Å². The van der Waals surface area contributed by atoms with Crippen LogP contribution in [0.2, 0.25) is 10.0 Å². The molecule has 0 aliphatic heterocycles. The Bertz CT molecular complexity index is 1910. The van der Waals surface area contributed by atoms with Crippen LogP contribution in [0.15, 0.2) is 103 Å². The summed E-state index contributed by atoms with van der Waals surface area (Å²) in [5.41, 5.74) is 9.41. The van der Waals surface area contributed by atoms with Crippen molar-refractivity contribution in [2.24, 2.45) is 5.73 Å². The number of nitrogens with two attached hydrogens (primary N) is 1. The van der Waals surface area contributed by atoms with Gasteiger partial charge in [-0.2, -0.15) is 0 Å². The van der Waals surface area contributed by atoms with Gasteiger partial charge in [-0.25, -0.2) is 18.2 Å². The molecular weight excluding hydrogens is 645 g/mol. The van der Waals surface area contributed by atoms with Crippen LogP contribution in [0, 0.1) is 0 Å². The molecule has 0 radical (unpaired) electrons. The highest BCUT2D eigenvalue weighted by Gasteiger charge is 2.38. The number of hydrogen-bond acceptors (Lipinski definition) is 6. The van der Waals surface area contributed by atoms with Crippen LogP contribution in [0.1, 0.15) is 58.4 Å². The maximum absolute atomic E-state index is 14.3. The number of sulfone groups is 1. The van der Waals surface area contributed by atoms with E-state index in [1.54, 1.807) is 78.9 Å². The molecule has 0 bridgehead atoms. The third-order valence-electron chi connectivity index (χ3n) is 7.55. The predicted octanol–water partition coefficient (Wildman–Crippen LogP) is 8.50. The van der Waals surface area contributed by atoms with E-state index < -0.39 is 27.1 Å². The van der Waals surface area contributed by atoms with Crippen LogP contribution in [0.4, 0.5) is 0 Å². The first-order chi connectivity index (χ1) is 22.1. The van der Waals surface area contributed by atoms with Gasteiger partial charge in [0.05, 0.1) is 28.1 Å². The van der Waals surface area contributed by atoms with Crippen LogP contribution >= 0.6 is 23.2 Å². The number of carboxylic acids is 1. The van der Waals surface area contributed by atoms with Gasteiger partial charge in [0, 0.05) is 23.3 Å². The van der Waals surface area contributed by atoms with Gasteiger partial charge in [-0.05, 0) is 72.1 Å². The minimum atomic E-state index is -3.92. The van der Waals surface area contributed by atoms with Gasteiger partial charge in [0.1, 0.15) is 22.6 Å². The molecule has 46 heavy (non-hydrogen) atoms. The first kappa shape index (κ1) is 33.2. The SMILES string of the molecule is CCCCn1cc(-c2ccc(Cl)cc2Cl)nc1[C@H](C(N)c1ccc(Oc2ccc(C(=O)O)cc2)cc1)S(=O)(=O)Cc1ccccc1. The quantitative estimate of drug-likeness (QED) is 0.128. The molecule has 5 aromatic rings. The van der Waals surface area contributed by atoms with Crippen molar-refractivity contribution in [3.8, 4) is 22.8 Å². The number of aryl methyl sites for hydroxylation is 1. The van der Waals surface area contributed by atoms with Crippen molar-refractivity contribution in [2.75, 3.05) is 0 Å². The Hall–Kier alpha value is -4.15. The number of halogens is 2. The van der Waals surface area contributed by atoms with Gasteiger partial charge in [0.15, 0.2) is 9.84 Å². The van der Waals surface area contributed by atoms with Crippen LogP contribution in [-0.2, 0) is 22.1 Å². The van der Waals surface area contributed by atoms with Gasteiger partial charge in [-0.1, -0.05) is 79.0 Å². The lowest BCUT2D eigenvalue weighted by Crippen LogP contribution is -2.30. The summed E-state index contributed by atoms with van der Waals surface area (Å²) in [5.74, 6) is 0.0119. The molecule has 0 aliphatic carbocycles. The van der Waals surface area contributed by atoms with Crippen molar-refractivity contribution in [2.45, 2.75) is 43.4 Å². The van der Waals surface area contributed by atoms with Gasteiger partial charge in [-0.15, -0.1) is 0 Å². The highest BCUT2D eigenvalue weighted by Crippen LogP contribution is 2.39. The summed E-state index contributed by atoms with van der Waals surface area (Å²) >= 11 is 12.7. The number of aromatic nitrogens is 2. The largest absolute Gasteiger partial charge is 0.478 e. The monoisotopic (exact) mass is 677 g/mol. The maximum Gasteiger partial charge on any atom is 0.335 e. The van der Waals surface area contributed by atoms with E-state index in [-0.39, 0.29) is 11.3 Å². The summed E-state index contributed by atoms with van der Waals surface area (Å²) in [5, 5.41) is 8.83. The molecule has 0 amide bonds. The lowest BCUT2D eigenvalue weighted by molar-refractivity contribution is 0.0697. The molecule has 0 aliphatic rings. The number of carboxylic acid groups (broad SMARTS) is 1. The molecule has 11 heteroatoms. The topological polar surface area (TPSA) is 125 Å². The molecule has 1 unspecified atom stereocenters. The number of ether oxygens (including phenoxy) is 1. The Morgan fingerprint density at radius 1 is 0.957 bits per heavy atom. The van der Waals surface area contributed by atoms with Crippen LogP contribution in [0.5, 0.6) is 11.5 Å². The molecule has 238 valence electrons. The molecule has 3 N–H and O–H groups in total. The Labute approximate surface area is 278 Å². The predicted molar refractivity (Wildman–Crippen MR) is 181 cm³/mol. The van der Waals surface area contributed by atoms with Gasteiger partial charge >= 0.3 is 5.97 Å². The summed E-state index contributed by atoms with van der Waals surface area (Å²) in [6.45, 7) is 2.61. The van der Waals surface area contributed by atoms with Crippen LogP contribution in [0.3, 0.4) is 0 Å². The molecule has 0 saturated carbocycles. The molecule has 0 spiro atoms. The number of nitrogens with zero attached hydrogens (tertiary/aromatic N) is 2. The van der Waals surface area contributed by atoms with E-state index in [4.69, 9.17) is 43.8 Å². The molecule has 0 saturated heterocycles. The van der Waals surface area contributed by atoms with E-state index in [2.05, 4.69) is 6.92 Å². The lowest BCUT2D eigenvalue weighted by Gasteiger charge is -2.25. The second-order valence-electron chi connectivity index (χ2n) is 10.9.